The van der Waals surface area contributed by atoms with Crippen LogP contribution < -0.4 is 0 Å². The second-order valence-electron chi connectivity index (χ2n) is 38.9. The summed E-state index contributed by atoms with van der Waals surface area (Å²) in [5.41, 5.74) is 2.76. The molecule has 8 atom stereocenters. The molecule has 23 rings (SSSR count). The van der Waals surface area contributed by atoms with Gasteiger partial charge in [0.25, 0.3) is 0 Å². The predicted molar refractivity (Wildman–Crippen MR) is 416 cm³/mol. The molecule has 8 unspecified atom stereocenters. The van der Waals surface area contributed by atoms with E-state index in [9.17, 15) is 13.2 Å². The minimum Gasteiger partial charge on any atom is -0.381 e. The molecule has 0 aromatic carbocycles. The zero-order chi connectivity index (χ0) is 73.3. The number of ether oxygens (including phenoxy) is 7. The zero-order valence-corrected chi connectivity index (χ0v) is 68.7. The average Bonchev–Trinajstić information content (AvgIpc) is 0.752. The lowest BCUT2D eigenvalue weighted by molar-refractivity contribution is -0.182. The number of hydrogen-bond donors (Lipinski definition) is 0. The van der Waals surface area contributed by atoms with Gasteiger partial charge in [-0.15, -0.1) is 0 Å². The highest BCUT2D eigenvalue weighted by atomic mass is 32.2. The van der Waals surface area contributed by atoms with Crippen LogP contribution in [0.25, 0.3) is 0 Å². The number of likely N-dealkylation sites (tertiary alicyclic amines) is 9. The molecule has 0 aromatic heterocycles. The number of sulfone groups is 1. The first kappa shape index (κ1) is 82.4. The number of fused-ring (bicyclic) bond motifs is 11. The van der Waals surface area contributed by atoms with E-state index >= 15 is 0 Å². The molecule has 0 aromatic rings. The van der Waals surface area contributed by atoms with Crippen molar-refractivity contribution < 1.29 is 46.4 Å². The number of ketones is 1. The minimum absolute atomic E-state index is 0.255. The SMILES string of the molecule is CN1CC2(CCOCC2)C1.CN1CC2(CCS2(=O)=O)C1.CN1CC2(COC2)C1.CN1CC2CC1CO2.CN1CC2CCC(C1)C2=O.CN1CC2CCC(C1)O2.CN1CC2CCC(C2)C1.CN1CC2CCC1CC2.CN1CCC2(CC1)COC2.CN1CCC2(COC2)C1.CN1CCOC2(CCCCC2)C1. The van der Waals surface area contributed by atoms with Crippen molar-refractivity contribution in [1.29, 1.82) is 0 Å². The smallest absolute Gasteiger partial charge is 0.158 e. The van der Waals surface area contributed by atoms with Gasteiger partial charge in [0.05, 0.1) is 87.3 Å². The summed E-state index contributed by atoms with van der Waals surface area (Å²) in [6, 6.07) is 1.70. The Balaban J connectivity index is 0.000000108. The van der Waals surface area contributed by atoms with E-state index < -0.39 is 9.84 Å². The molecule has 19 heterocycles. The Morgan fingerprint density at radius 2 is 0.865 bits per heavy atom. The summed E-state index contributed by atoms with van der Waals surface area (Å²) < 4.78 is 59.8. The number of morpholine rings is 3. The van der Waals surface area contributed by atoms with Gasteiger partial charge < -0.3 is 82.2 Å². The van der Waals surface area contributed by atoms with Crippen LogP contribution in [0.4, 0.5) is 0 Å². The van der Waals surface area contributed by atoms with E-state index in [1.807, 2.05) is 7.05 Å². The highest BCUT2D eigenvalue weighted by Crippen LogP contribution is 2.44. The predicted octanol–water partition coefficient (Wildman–Crippen LogP) is 6.82. The lowest BCUT2D eigenvalue weighted by Crippen LogP contribution is -2.70. The van der Waals surface area contributed by atoms with Gasteiger partial charge in [-0.25, -0.2) is 8.42 Å². The molecule has 19 saturated heterocycles. The Labute approximate surface area is 632 Å². The van der Waals surface area contributed by atoms with Crippen molar-refractivity contribution in [2.24, 2.45) is 51.2 Å². The van der Waals surface area contributed by atoms with Crippen molar-refractivity contribution in [2.75, 3.05) is 280 Å². The van der Waals surface area contributed by atoms with E-state index in [1.54, 1.807) is 0 Å². The van der Waals surface area contributed by atoms with Crippen LogP contribution in [0.3, 0.4) is 0 Å². The number of rotatable bonds is 0. The maximum Gasteiger partial charge on any atom is 0.158 e. The number of carbonyl (C=O) groups excluding carboxylic acids is 1. The normalized spacial score (nSPS) is 37.4. The summed E-state index contributed by atoms with van der Waals surface area (Å²) in [7, 11) is 21.2. The van der Waals surface area contributed by atoms with Gasteiger partial charge in [-0.05, 0) is 243 Å². The first-order chi connectivity index (χ1) is 49.8. The fourth-order valence-electron chi connectivity index (χ4n) is 22.2. The highest BCUT2D eigenvalue weighted by Gasteiger charge is 2.58. The van der Waals surface area contributed by atoms with Gasteiger partial charge in [0.1, 0.15) is 5.78 Å². The molecule has 23 aliphatic rings. The van der Waals surface area contributed by atoms with E-state index in [0.717, 1.165) is 174 Å². The van der Waals surface area contributed by atoms with Gasteiger partial charge in [0.15, 0.2) is 9.84 Å². The van der Waals surface area contributed by atoms with Gasteiger partial charge in [0, 0.05) is 170 Å². The van der Waals surface area contributed by atoms with Crippen LogP contribution in [0, 0.1) is 51.2 Å². The van der Waals surface area contributed by atoms with Gasteiger partial charge in [-0.2, -0.15) is 0 Å². The van der Waals surface area contributed by atoms with Crippen LogP contribution in [0.15, 0.2) is 0 Å². The lowest BCUT2D eigenvalue weighted by Gasteiger charge is -2.53. The van der Waals surface area contributed by atoms with Crippen molar-refractivity contribution in [1.82, 2.24) is 53.9 Å². The Hall–Kier alpha value is -1.10. The van der Waals surface area contributed by atoms with Crippen LogP contribution in [0.5, 0.6) is 0 Å². The van der Waals surface area contributed by atoms with E-state index in [4.69, 9.17) is 33.2 Å². The van der Waals surface area contributed by atoms with Crippen molar-refractivity contribution in [3.63, 3.8) is 0 Å². The fraction of sp³-hybridized carbons (Fsp3) is 0.988. The van der Waals surface area contributed by atoms with Crippen LogP contribution in [-0.4, -0.2) is 389 Å². The maximum atomic E-state index is 11.3. The molecule has 21 nitrogen and oxygen atoms in total. The summed E-state index contributed by atoms with van der Waals surface area (Å²) in [6.07, 6.45) is 32.6. The van der Waals surface area contributed by atoms with Gasteiger partial charge in [-0.3, -0.25) is 9.69 Å². The quantitative estimate of drug-likeness (QED) is 0.249. The summed E-state index contributed by atoms with van der Waals surface area (Å²) in [5.74, 6) is 4.92. The number of carbonyl (C=O) groups is 1. The van der Waals surface area contributed by atoms with Crippen molar-refractivity contribution in [3.8, 4) is 0 Å². The van der Waals surface area contributed by atoms with Crippen LogP contribution >= 0.6 is 0 Å². The molecule has 4 saturated carbocycles. The molecular weight excluding hydrogens is 1330 g/mol. The molecule has 19 aliphatic heterocycles. The molecule has 0 amide bonds. The Kier molecular flexibility index (Phi) is 29.1. The maximum absolute atomic E-state index is 11.3. The van der Waals surface area contributed by atoms with Crippen LogP contribution in [0.2, 0.25) is 0 Å². The molecule has 23 fully saturated rings. The number of piperidine rings is 5. The molecule has 4 aliphatic carbocycles. The second kappa shape index (κ2) is 36.8. The third-order valence-corrected chi connectivity index (χ3v) is 31.3. The van der Waals surface area contributed by atoms with E-state index in [1.165, 1.54) is 200 Å². The summed E-state index contributed by atoms with van der Waals surface area (Å²) in [5, 5.41) is 0. The minimum atomic E-state index is -2.66. The number of likely N-dealkylation sites (N-methyl/N-ethyl adjacent to an activating group) is 3. The monoisotopic (exact) mass is 1480 g/mol. The Morgan fingerprint density at radius 3 is 1.25 bits per heavy atom. The number of nitrogens with zero attached hydrogens (tertiary/aromatic N) is 11. The topological polar surface area (TPSA) is 151 Å². The molecule has 6 spiro atoms. The van der Waals surface area contributed by atoms with Crippen LogP contribution in [0.1, 0.15) is 148 Å². The number of Topliss-reactive ketones (excluding diaryl/α,β-unsaturated/α-hetero) is 1. The van der Waals surface area contributed by atoms with Gasteiger partial charge in [-0.1, -0.05) is 19.3 Å². The molecule has 0 radical (unpaired) electrons. The molecule has 10 bridgehead atoms. The van der Waals surface area contributed by atoms with Crippen molar-refractivity contribution in [3.05, 3.63) is 0 Å². The largest absolute Gasteiger partial charge is 0.381 e. The van der Waals surface area contributed by atoms with Crippen LogP contribution in [-0.2, 0) is 47.8 Å². The summed E-state index contributed by atoms with van der Waals surface area (Å²) in [4.78, 5) is 37.4. The molecule has 104 heavy (non-hydrogen) atoms. The van der Waals surface area contributed by atoms with E-state index in [0.29, 0.717) is 63.3 Å². The zero-order valence-electron chi connectivity index (χ0n) is 67.9. The summed E-state index contributed by atoms with van der Waals surface area (Å²) >= 11 is 0. The lowest BCUT2D eigenvalue weighted by atomic mass is 9.74. The van der Waals surface area contributed by atoms with E-state index in [2.05, 4.69) is 124 Å². The molecular formula is C82H151N11O10S. The van der Waals surface area contributed by atoms with Crippen molar-refractivity contribution in [2.45, 2.75) is 188 Å². The third-order valence-electron chi connectivity index (χ3n) is 28.8. The molecule has 22 heteroatoms. The second-order valence-corrected chi connectivity index (χ2v) is 41.4. The summed E-state index contributed by atoms with van der Waals surface area (Å²) in [6.45, 7) is 33.6. The first-order valence-electron chi connectivity index (χ1n) is 42.3. The highest BCUT2D eigenvalue weighted by molar-refractivity contribution is 7.94. The standard InChI is InChI=1S/C10H19NO.2C8H15NO.C8H13NO.2C8H15N.2C7H13NO.C6H11NO2S.2C6H11NO/c1-11-7-8-12-10(9-11)5-3-2-4-6-10;1-9-6-8(7-9)2-4-10-5-3-8;1-9-4-2-8(3-5-9)6-10-7-8;1-9-4-6-2-3-7(5-9)8(6)10;1-9-6-7-2-4-8(9)5-3-7;1-9-5-7-2-3-8(4-7)6-9;1-8-3-2-7(4-8)5-9-6-7;1-8-4-6-2-3-7(5-8)9-6;1-7-4-6(5-7)2-3-10(6,8)9;1-7-2-6(3-7)4-8-5-6;1-7-3-6-2-5(7)4-8-6/h2-9H2,1H3;2*2-7H2,1H3;6-7H,2-5H2,1H3;2*7-8H,2-6H2,1H3;2-6H2,1H3;6-7H,2-5H2,1H3;2-5H2,1H3;2-5H2,1H3;5-6H,2-4H2,1H3. The van der Waals surface area contributed by atoms with Crippen molar-refractivity contribution >= 4 is 15.6 Å². The average molecular weight is 1480 g/mol. The number of hydrogen-bond acceptors (Lipinski definition) is 21. The van der Waals surface area contributed by atoms with Gasteiger partial charge in [0.2, 0.25) is 0 Å². The fourth-order valence-corrected chi connectivity index (χ4v) is 24.2. The molecule has 600 valence electrons. The third kappa shape index (κ3) is 22.0. The Bertz CT molecular complexity index is 2620. The van der Waals surface area contributed by atoms with Gasteiger partial charge >= 0.3 is 0 Å². The first-order valence-corrected chi connectivity index (χ1v) is 44.0. The molecule has 0 N–H and O–H groups in total. The van der Waals surface area contributed by atoms with E-state index in [-0.39, 0.29) is 10.3 Å². The Morgan fingerprint density at radius 1 is 0.365 bits per heavy atom.